The van der Waals surface area contributed by atoms with Crippen LogP contribution in [0.3, 0.4) is 0 Å². The van der Waals surface area contributed by atoms with Crippen LogP contribution in [0.15, 0.2) is 36.9 Å². The van der Waals surface area contributed by atoms with Crippen molar-refractivity contribution in [2.45, 2.75) is 19.3 Å². The normalized spacial score (nSPS) is 9.75. The lowest BCUT2D eigenvalue weighted by Gasteiger charge is -1.98. The summed E-state index contributed by atoms with van der Waals surface area (Å²) in [6, 6.07) is 8.02. The lowest BCUT2D eigenvalue weighted by atomic mass is 10.1. The lowest BCUT2D eigenvalue weighted by Crippen LogP contribution is -1.83. The van der Waals surface area contributed by atoms with E-state index in [1.165, 1.54) is 12.0 Å². The predicted octanol–water partition coefficient (Wildman–Crippen LogP) is 3.85. The van der Waals surface area contributed by atoms with Crippen LogP contribution in [0.4, 0.5) is 0 Å². The van der Waals surface area contributed by atoms with Gasteiger partial charge in [0.05, 0.1) is 0 Å². The lowest BCUT2D eigenvalue weighted by molar-refractivity contribution is 0.844. The van der Waals surface area contributed by atoms with Crippen molar-refractivity contribution in [3.8, 4) is 0 Å². The maximum Gasteiger partial charge on any atom is 0.0406 e. The van der Waals surface area contributed by atoms with E-state index in [0.717, 1.165) is 17.9 Å². The molecule has 0 aliphatic rings. The van der Waals surface area contributed by atoms with E-state index in [2.05, 4.69) is 18.7 Å². The molecule has 0 radical (unpaired) electrons. The Hall–Kier alpha value is -0.750. The summed E-state index contributed by atoms with van der Waals surface area (Å²) in [6.07, 6.45) is 5.33. The van der Waals surface area contributed by atoms with E-state index in [1.54, 1.807) is 0 Å². The number of rotatable bonds is 4. The van der Waals surface area contributed by atoms with E-state index < -0.39 is 0 Å². The molecule has 1 aromatic rings. The van der Waals surface area contributed by atoms with Gasteiger partial charge in [-0.3, -0.25) is 0 Å². The summed E-state index contributed by atoms with van der Waals surface area (Å²) in [4.78, 5) is 0. The molecule has 0 fully saturated rings. The summed E-state index contributed by atoms with van der Waals surface area (Å²) >= 11 is 5.76. The van der Waals surface area contributed by atoms with Gasteiger partial charge in [0, 0.05) is 5.02 Å². The quantitative estimate of drug-likeness (QED) is 0.488. The Morgan fingerprint density at radius 2 is 1.92 bits per heavy atom. The van der Waals surface area contributed by atoms with Crippen LogP contribution in [0.1, 0.15) is 18.4 Å². The van der Waals surface area contributed by atoms with E-state index in [9.17, 15) is 0 Å². The van der Waals surface area contributed by atoms with Crippen LogP contribution >= 0.6 is 11.6 Å². The monoisotopic (exact) mass is 180 g/mol. The number of hydrogen-bond acceptors (Lipinski definition) is 0. The van der Waals surface area contributed by atoms with Crippen LogP contribution < -0.4 is 0 Å². The molecule has 0 spiro atoms. The van der Waals surface area contributed by atoms with Gasteiger partial charge in [-0.1, -0.05) is 29.8 Å². The summed E-state index contributed by atoms with van der Waals surface area (Å²) < 4.78 is 0. The zero-order valence-electron chi connectivity index (χ0n) is 7.09. The third-order valence-corrected chi connectivity index (χ3v) is 2.04. The van der Waals surface area contributed by atoms with Gasteiger partial charge in [-0.2, -0.15) is 0 Å². The fraction of sp³-hybridized carbons (Fsp3) is 0.273. The Bertz CT molecular complexity index is 236. The molecule has 0 atom stereocenters. The Kier molecular flexibility index (Phi) is 3.89. The average Bonchev–Trinajstić information content (AvgIpc) is 2.09. The van der Waals surface area contributed by atoms with Gasteiger partial charge in [0.25, 0.3) is 0 Å². The molecule has 0 bridgehead atoms. The van der Waals surface area contributed by atoms with Crippen LogP contribution in [0, 0.1) is 0 Å². The topological polar surface area (TPSA) is 0 Å². The summed E-state index contributed by atoms with van der Waals surface area (Å²) in [6.45, 7) is 3.68. The molecular formula is C11H13Cl. The van der Waals surface area contributed by atoms with Crippen molar-refractivity contribution in [3.05, 3.63) is 47.5 Å². The fourth-order valence-corrected chi connectivity index (χ4v) is 1.23. The molecule has 0 saturated carbocycles. The second kappa shape index (κ2) is 5.00. The van der Waals surface area contributed by atoms with Crippen LogP contribution in [0.25, 0.3) is 0 Å². The minimum absolute atomic E-state index is 0.808. The van der Waals surface area contributed by atoms with Crippen LogP contribution in [0.2, 0.25) is 5.02 Å². The second-order valence-electron chi connectivity index (χ2n) is 2.81. The molecule has 0 N–H and O–H groups in total. The molecule has 64 valence electrons. The highest BCUT2D eigenvalue weighted by atomic mass is 35.5. The van der Waals surface area contributed by atoms with Crippen LogP contribution in [-0.4, -0.2) is 0 Å². The first-order chi connectivity index (χ1) is 5.83. The zero-order valence-corrected chi connectivity index (χ0v) is 7.85. The van der Waals surface area contributed by atoms with Gasteiger partial charge in [0.1, 0.15) is 0 Å². The van der Waals surface area contributed by atoms with Crippen molar-refractivity contribution >= 4 is 11.6 Å². The SMILES string of the molecule is C=CCCCc1ccc(Cl)cc1. The van der Waals surface area contributed by atoms with Crippen LogP contribution in [-0.2, 0) is 6.42 Å². The molecule has 0 unspecified atom stereocenters. The number of aryl methyl sites for hydroxylation is 1. The summed E-state index contributed by atoms with van der Waals surface area (Å²) in [7, 11) is 0. The molecule has 0 aromatic heterocycles. The van der Waals surface area contributed by atoms with Gasteiger partial charge < -0.3 is 0 Å². The molecule has 0 aliphatic carbocycles. The average molecular weight is 181 g/mol. The van der Waals surface area contributed by atoms with Gasteiger partial charge in [0.2, 0.25) is 0 Å². The number of benzene rings is 1. The van der Waals surface area contributed by atoms with Crippen molar-refractivity contribution in [2.75, 3.05) is 0 Å². The largest absolute Gasteiger partial charge is 0.103 e. The smallest absolute Gasteiger partial charge is 0.0406 e. The standard InChI is InChI=1S/C11H13Cl/c1-2-3-4-5-10-6-8-11(12)9-7-10/h2,6-9H,1,3-5H2. The molecule has 0 amide bonds. The first-order valence-corrected chi connectivity index (χ1v) is 4.56. The molecule has 0 aliphatic heterocycles. The highest BCUT2D eigenvalue weighted by molar-refractivity contribution is 6.30. The molecule has 1 aromatic carbocycles. The maximum absolute atomic E-state index is 5.76. The van der Waals surface area contributed by atoms with E-state index >= 15 is 0 Å². The molecule has 12 heavy (non-hydrogen) atoms. The summed E-state index contributed by atoms with van der Waals surface area (Å²) in [5.41, 5.74) is 1.35. The summed E-state index contributed by atoms with van der Waals surface area (Å²) in [5, 5.41) is 0.808. The molecule has 1 rings (SSSR count). The molecular weight excluding hydrogens is 168 g/mol. The Labute approximate surface area is 78.9 Å². The molecule has 0 heterocycles. The fourth-order valence-electron chi connectivity index (χ4n) is 1.10. The third-order valence-electron chi connectivity index (χ3n) is 1.79. The first-order valence-electron chi connectivity index (χ1n) is 4.18. The van der Waals surface area contributed by atoms with Crippen molar-refractivity contribution < 1.29 is 0 Å². The van der Waals surface area contributed by atoms with E-state index in [-0.39, 0.29) is 0 Å². The second-order valence-corrected chi connectivity index (χ2v) is 3.24. The van der Waals surface area contributed by atoms with Gasteiger partial charge in [-0.15, -0.1) is 6.58 Å². The molecule has 1 heteroatoms. The van der Waals surface area contributed by atoms with Crippen molar-refractivity contribution in [2.24, 2.45) is 0 Å². The highest BCUT2D eigenvalue weighted by Gasteiger charge is 1.91. The Morgan fingerprint density at radius 3 is 2.50 bits per heavy atom. The zero-order chi connectivity index (χ0) is 8.81. The minimum atomic E-state index is 0.808. The van der Waals surface area contributed by atoms with E-state index in [1.807, 2.05) is 18.2 Å². The third kappa shape index (κ3) is 3.10. The number of unbranched alkanes of at least 4 members (excludes halogenated alkanes) is 1. The van der Waals surface area contributed by atoms with E-state index in [4.69, 9.17) is 11.6 Å². The highest BCUT2D eigenvalue weighted by Crippen LogP contribution is 2.11. The van der Waals surface area contributed by atoms with Crippen molar-refractivity contribution in [3.63, 3.8) is 0 Å². The molecule has 0 nitrogen and oxygen atoms in total. The molecule has 0 saturated heterocycles. The number of hydrogen-bond donors (Lipinski definition) is 0. The minimum Gasteiger partial charge on any atom is -0.103 e. The first kappa shape index (κ1) is 9.34. The Morgan fingerprint density at radius 1 is 1.25 bits per heavy atom. The van der Waals surface area contributed by atoms with Gasteiger partial charge in [-0.05, 0) is 37.0 Å². The van der Waals surface area contributed by atoms with Crippen LogP contribution in [0.5, 0.6) is 0 Å². The predicted molar refractivity (Wildman–Crippen MR) is 54.6 cm³/mol. The van der Waals surface area contributed by atoms with Gasteiger partial charge >= 0.3 is 0 Å². The van der Waals surface area contributed by atoms with Gasteiger partial charge in [-0.25, -0.2) is 0 Å². The van der Waals surface area contributed by atoms with E-state index in [0.29, 0.717) is 0 Å². The van der Waals surface area contributed by atoms with Crippen molar-refractivity contribution in [1.82, 2.24) is 0 Å². The van der Waals surface area contributed by atoms with Gasteiger partial charge in [0.15, 0.2) is 0 Å². The van der Waals surface area contributed by atoms with Crippen molar-refractivity contribution in [1.29, 1.82) is 0 Å². The number of allylic oxidation sites excluding steroid dienone is 1. The summed E-state index contributed by atoms with van der Waals surface area (Å²) in [5.74, 6) is 0. The Balaban J connectivity index is 2.42. The number of halogens is 1. The maximum atomic E-state index is 5.76.